The van der Waals surface area contributed by atoms with Gasteiger partial charge in [0.1, 0.15) is 0 Å². The minimum Gasteiger partial charge on any atom is -0.381 e. The van der Waals surface area contributed by atoms with E-state index in [0.29, 0.717) is 10.9 Å². The Hall–Kier alpha value is -0.640. The maximum Gasteiger partial charge on any atom is 0.0589 e. The van der Waals surface area contributed by atoms with E-state index in [1.807, 2.05) is 12.1 Å². The molecule has 2 heterocycles. The molecule has 0 saturated carbocycles. The molecule has 1 saturated heterocycles. The molecule has 1 aliphatic rings. The van der Waals surface area contributed by atoms with Gasteiger partial charge in [-0.2, -0.15) is 0 Å². The quantitative estimate of drug-likeness (QED) is 0.841. The SMILES string of the molecule is NC(c1ccc(Cl)cn1)C1CCOCC1. The Morgan fingerprint density at radius 3 is 2.73 bits per heavy atom. The summed E-state index contributed by atoms with van der Waals surface area (Å²) < 4.78 is 5.31. The number of nitrogens with zero attached hydrogens (tertiary/aromatic N) is 1. The molecular weight excluding hydrogens is 212 g/mol. The van der Waals surface area contributed by atoms with E-state index in [0.717, 1.165) is 31.7 Å². The zero-order valence-corrected chi connectivity index (χ0v) is 9.28. The largest absolute Gasteiger partial charge is 0.381 e. The molecular formula is C11H15ClN2O. The lowest BCUT2D eigenvalue weighted by molar-refractivity contribution is 0.0579. The number of ether oxygens (including phenoxy) is 1. The molecule has 82 valence electrons. The summed E-state index contributed by atoms with van der Waals surface area (Å²) in [7, 11) is 0. The molecule has 2 N–H and O–H groups in total. The molecule has 0 aliphatic carbocycles. The van der Waals surface area contributed by atoms with E-state index in [2.05, 4.69) is 4.98 Å². The van der Waals surface area contributed by atoms with Crippen LogP contribution < -0.4 is 5.73 Å². The van der Waals surface area contributed by atoms with Crippen LogP contribution in [0.15, 0.2) is 18.3 Å². The summed E-state index contributed by atoms with van der Waals surface area (Å²) in [5, 5.41) is 0.651. The molecule has 15 heavy (non-hydrogen) atoms. The van der Waals surface area contributed by atoms with Gasteiger partial charge in [-0.25, -0.2) is 0 Å². The van der Waals surface area contributed by atoms with Gasteiger partial charge in [-0.05, 0) is 30.9 Å². The van der Waals surface area contributed by atoms with Crippen molar-refractivity contribution in [2.24, 2.45) is 11.7 Å². The number of hydrogen-bond acceptors (Lipinski definition) is 3. The lowest BCUT2D eigenvalue weighted by atomic mass is 9.90. The van der Waals surface area contributed by atoms with E-state index in [9.17, 15) is 0 Å². The number of halogens is 1. The van der Waals surface area contributed by atoms with Crippen LogP contribution in [0.4, 0.5) is 0 Å². The van der Waals surface area contributed by atoms with Gasteiger partial charge in [0, 0.05) is 25.5 Å². The van der Waals surface area contributed by atoms with Gasteiger partial charge >= 0.3 is 0 Å². The van der Waals surface area contributed by atoms with Crippen molar-refractivity contribution in [1.82, 2.24) is 4.98 Å². The van der Waals surface area contributed by atoms with E-state index in [1.165, 1.54) is 0 Å². The maximum absolute atomic E-state index is 6.16. The van der Waals surface area contributed by atoms with Crippen molar-refractivity contribution in [3.8, 4) is 0 Å². The topological polar surface area (TPSA) is 48.1 Å². The molecule has 1 aromatic rings. The van der Waals surface area contributed by atoms with Crippen LogP contribution in [0.5, 0.6) is 0 Å². The number of aromatic nitrogens is 1. The Labute approximate surface area is 94.6 Å². The third-order valence-corrected chi connectivity index (χ3v) is 3.09. The normalized spacial score (nSPS) is 20.1. The summed E-state index contributed by atoms with van der Waals surface area (Å²) in [4.78, 5) is 4.26. The summed E-state index contributed by atoms with van der Waals surface area (Å²) in [6.45, 7) is 1.62. The van der Waals surface area contributed by atoms with E-state index in [1.54, 1.807) is 6.20 Å². The lowest BCUT2D eigenvalue weighted by Gasteiger charge is -2.27. The summed E-state index contributed by atoms with van der Waals surface area (Å²) in [5.74, 6) is 0.479. The molecule has 0 bridgehead atoms. The minimum atomic E-state index is 0.00571. The Bertz CT molecular complexity index is 309. The fourth-order valence-electron chi connectivity index (χ4n) is 1.90. The van der Waals surface area contributed by atoms with Crippen molar-refractivity contribution in [3.63, 3.8) is 0 Å². The molecule has 1 unspecified atom stereocenters. The fourth-order valence-corrected chi connectivity index (χ4v) is 2.01. The number of rotatable bonds is 2. The van der Waals surface area contributed by atoms with E-state index < -0.39 is 0 Å². The predicted octanol–water partition coefficient (Wildman–Crippen LogP) is 2.16. The highest BCUT2D eigenvalue weighted by molar-refractivity contribution is 6.30. The number of pyridine rings is 1. The van der Waals surface area contributed by atoms with Crippen LogP contribution in [0, 0.1) is 5.92 Å². The first-order chi connectivity index (χ1) is 7.27. The van der Waals surface area contributed by atoms with Gasteiger partial charge in [0.25, 0.3) is 0 Å². The number of nitrogens with two attached hydrogens (primary N) is 1. The first-order valence-electron chi connectivity index (χ1n) is 5.22. The van der Waals surface area contributed by atoms with Crippen LogP contribution >= 0.6 is 11.6 Å². The second-order valence-corrected chi connectivity index (χ2v) is 4.31. The van der Waals surface area contributed by atoms with Gasteiger partial charge in [-0.3, -0.25) is 4.98 Å². The van der Waals surface area contributed by atoms with E-state index in [4.69, 9.17) is 22.1 Å². The molecule has 1 aromatic heterocycles. The highest BCUT2D eigenvalue weighted by Gasteiger charge is 2.22. The summed E-state index contributed by atoms with van der Waals surface area (Å²) in [6.07, 6.45) is 3.69. The molecule has 0 spiro atoms. The second kappa shape index (κ2) is 4.92. The summed E-state index contributed by atoms with van der Waals surface area (Å²) in [6, 6.07) is 3.75. The van der Waals surface area contributed by atoms with Crippen LogP contribution in [0.2, 0.25) is 5.02 Å². The molecule has 0 amide bonds. The lowest BCUT2D eigenvalue weighted by Crippen LogP contribution is -2.28. The molecule has 0 radical (unpaired) electrons. The molecule has 1 atom stereocenters. The third kappa shape index (κ3) is 2.68. The van der Waals surface area contributed by atoms with Gasteiger partial charge in [0.15, 0.2) is 0 Å². The molecule has 4 heteroatoms. The minimum absolute atomic E-state index is 0.00571. The molecule has 1 fully saturated rings. The third-order valence-electron chi connectivity index (χ3n) is 2.87. The maximum atomic E-state index is 6.16. The molecule has 2 rings (SSSR count). The Balaban J connectivity index is 2.05. The van der Waals surface area contributed by atoms with Crippen molar-refractivity contribution < 1.29 is 4.74 Å². The van der Waals surface area contributed by atoms with Gasteiger partial charge in [-0.15, -0.1) is 0 Å². The van der Waals surface area contributed by atoms with Crippen LogP contribution in [-0.4, -0.2) is 18.2 Å². The van der Waals surface area contributed by atoms with E-state index >= 15 is 0 Å². The highest BCUT2D eigenvalue weighted by atomic mass is 35.5. The Morgan fingerprint density at radius 1 is 1.40 bits per heavy atom. The van der Waals surface area contributed by atoms with Gasteiger partial charge < -0.3 is 10.5 Å². The van der Waals surface area contributed by atoms with Crippen molar-refractivity contribution in [2.75, 3.05) is 13.2 Å². The van der Waals surface area contributed by atoms with Crippen molar-refractivity contribution >= 4 is 11.6 Å². The Morgan fingerprint density at radius 2 is 2.13 bits per heavy atom. The van der Waals surface area contributed by atoms with Crippen molar-refractivity contribution in [1.29, 1.82) is 0 Å². The van der Waals surface area contributed by atoms with Gasteiger partial charge in [-0.1, -0.05) is 11.6 Å². The average Bonchev–Trinajstić information content (AvgIpc) is 2.30. The van der Waals surface area contributed by atoms with Gasteiger partial charge in [0.2, 0.25) is 0 Å². The van der Waals surface area contributed by atoms with Crippen molar-refractivity contribution in [2.45, 2.75) is 18.9 Å². The average molecular weight is 227 g/mol. The fraction of sp³-hybridized carbons (Fsp3) is 0.545. The first-order valence-corrected chi connectivity index (χ1v) is 5.60. The summed E-state index contributed by atoms with van der Waals surface area (Å²) >= 11 is 5.78. The molecule has 0 aromatic carbocycles. The standard InChI is InChI=1S/C11H15ClN2O/c12-9-1-2-10(14-7-9)11(13)8-3-5-15-6-4-8/h1-2,7-8,11H,3-6,13H2. The molecule has 1 aliphatic heterocycles. The highest BCUT2D eigenvalue weighted by Crippen LogP contribution is 2.27. The van der Waals surface area contributed by atoms with Crippen molar-refractivity contribution in [3.05, 3.63) is 29.0 Å². The molecule has 3 nitrogen and oxygen atoms in total. The number of hydrogen-bond donors (Lipinski definition) is 1. The summed E-state index contributed by atoms with van der Waals surface area (Å²) in [5.41, 5.74) is 7.08. The monoisotopic (exact) mass is 226 g/mol. The first kappa shape index (κ1) is 10.9. The van der Waals surface area contributed by atoms with Crippen LogP contribution in [0.1, 0.15) is 24.6 Å². The zero-order valence-electron chi connectivity index (χ0n) is 8.53. The smallest absolute Gasteiger partial charge is 0.0589 e. The van der Waals surface area contributed by atoms with Crippen LogP contribution in [0.3, 0.4) is 0 Å². The predicted molar refractivity (Wildman–Crippen MR) is 59.7 cm³/mol. The van der Waals surface area contributed by atoms with Gasteiger partial charge in [0.05, 0.1) is 10.7 Å². The Kier molecular flexibility index (Phi) is 3.57. The van der Waals surface area contributed by atoms with Crippen LogP contribution in [0.25, 0.3) is 0 Å². The second-order valence-electron chi connectivity index (χ2n) is 3.88. The zero-order chi connectivity index (χ0) is 10.7. The van der Waals surface area contributed by atoms with E-state index in [-0.39, 0.29) is 6.04 Å². The van der Waals surface area contributed by atoms with Crippen LogP contribution in [-0.2, 0) is 4.74 Å².